The molecule has 3 N–H and O–H groups in total. The number of halogens is 3. The summed E-state index contributed by atoms with van der Waals surface area (Å²) in [6.45, 7) is 0.375. The summed E-state index contributed by atoms with van der Waals surface area (Å²) in [4.78, 5) is 31.3. The van der Waals surface area contributed by atoms with Crippen LogP contribution in [0.15, 0.2) is 36.4 Å². The van der Waals surface area contributed by atoms with Gasteiger partial charge < -0.3 is 20.5 Å². The monoisotopic (exact) mass is 404 g/mol. The van der Waals surface area contributed by atoms with Gasteiger partial charge in [0, 0.05) is 12.8 Å². The normalized spacial score (nSPS) is 13.2. The van der Waals surface area contributed by atoms with E-state index >= 15 is 0 Å². The van der Waals surface area contributed by atoms with Crippen molar-refractivity contribution in [1.82, 2.24) is 0 Å². The van der Waals surface area contributed by atoms with Gasteiger partial charge in [0.2, 0.25) is 6.10 Å². The van der Waals surface area contributed by atoms with Gasteiger partial charge in [0.05, 0.1) is 12.7 Å². The standard InChI is InChI=1S/C11H11F3N2O3.C5H8.C2H4O2/c1-19-8(9(15)17)10(18)16-7-4-2-3-6(5-7)11(12,13)14;1-2-4-5-3-1;1-4-2-3/h2-5,8H,1H3,(H2,15,17)(H,16,18);1-2H,3-5H2;2H,1H3. The zero-order chi connectivity index (χ0) is 21.6. The molecule has 1 aromatic carbocycles. The lowest BCUT2D eigenvalue weighted by atomic mass is 10.2. The molecule has 1 aliphatic rings. The van der Waals surface area contributed by atoms with Gasteiger partial charge >= 0.3 is 6.18 Å². The zero-order valence-corrected chi connectivity index (χ0v) is 15.5. The van der Waals surface area contributed by atoms with Crippen molar-refractivity contribution in [1.29, 1.82) is 0 Å². The number of alkyl halides is 3. The van der Waals surface area contributed by atoms with Gasteiger partial charge in [0.25, 0.3) is 18.3 Å². The summed E-state index contributed by atoms with van der Waals surface area (Å²) in [7, 11) is 2.40. The van der Waals surface area contributed by atoms with E-state index in [1.807, 2.05) is 0 Å². The molecule has 156 valence electrons. The Hall–Kier alpha value is -2.88. The number of benzene rings is 1. The SMILES string of the molecule is C1=CCCC1.COC(C(N)=O)C(=O)Nc1cccc(C(F)(F)F)c1.COC=O. The smallest absolute Gasteiger partial charge is 0.416 e. The second-order valence-electron chi connectivity index (χ2n) is 5.32. The number of rotatable bonds is 5. The highest BCUT2D eigenvalue weighted by Gasteiger charge is 2.31. The van der Waals surface area contributed by atoms with Crippen LogP contribution in [0.3, 0.4) is 0 Å². The van der Waals surface area contributed by atoms with Crippen LogP contribution in [0.25, 0.3) is 0 Å². The van der Waals surface area contributed by atoms with E-state index in [9.17, 15) is 22.8 Å². The number of nitrogens with two attached hydrogens (primary N) is 1. The first kappa shape index (κ1) is 25.1. The number of nitrogens with one attached hydrogen (secondary N) is 1. The Morgan fingerprint density at radius 1 is 1.21 bits per heavy atom. The third kappa shape index (κ3) is 10.3. The number of methoxy groups -OCH3 is 2. The molecule has 0 bridgehead atoms. The number of primary amides is 1. The van der Waals surface area contributed by atoms with Crippen molar-refractivity contribution >= 4 is 24.0 Å². The Balaban J connectivity index is 0.000000662. The summed E-state index contributed by atoms with van der Waals surface area (Å²) in [5, 5.41) is 2.12. The molecule has 0 aliphatic heterocycles. The molecule has 0 radical (unpaired) electrons. The van der Waals surface area contributed by atoms with Gasteiger partial charge in [0.15, 0.2) is 0 Å². The molecule has 28 heavy (non-hydrogen) atoms. The highest BCUT2D eigenvalue weighted by atomic mass is 19.4. The predicted molar refractivity (Wildman–Crippen MR) is 96.1 cm³/mol. The van der Waals surface area contributed by atoms with Gasteiger partial charge in [-0.05, 0) is 37.5 Å². The summed E-state index contributed by atoms with van der Waals surface area (Å²) >= 11 is 0. The van der Waals surface area contributed by atoms with Crippen LogP contribution >= 0.6 is 0 Å². The molecule has 1 aromatic rings. The van der Waals surface area contributed by atoms with Crippen LogP contribution in [0.5, 0.6) is 0 Å². The minimum atomic E-state index is -4.52. The van der Waals surface area contributed by atoms with Gasteiger partial charge in [0.1, 0.15) is 0 Å². The minimum Gasteiger partial charge on any atom is -0.471 e. The van der Waals surface area contributed by atoms with Crippen LogP contribution in [-0.4, -0.2) is 38.6 Å². The van der Waals surface area contributed by atoms with E-state index in [1.54, 1.807) is 0 Å². The molecular weight excluding hydrogens is 381 g/mol. The number of amides is 2. The number of carbonyl (C=O) groups is 3. The zero-order valence-electron chi connectivity index (χ0n) is 15.5. The molecule has 1 unspecified atom stereocenters. The lowest BCUT2D eigenvalue weighted by molar-refractivity contribution is -0.139. The van der Waals surface area contributed by atoms with Crippen LogP contribution < -0.4 is 11.1 Å². The fraction of sp³-hybridized carbons (Fsp3) is 0.389. The highest BCUT2D eigenvalue weighted by Crippen LogP contribution is 2.30. The summed E-state index contributed by atoms with van der Waals surface area (Å²) in [6, 6.07) is 3.98. The molecule has 0 saturated heterocycles. The fourth-order valence-electron chi connectivity index (χ4n) is 1.92. The van der Waals surface area contributed by atoms with E-state index in [2.05, 4.69) is 26.9 Å². The Bertz CT molecular complexity index is 657. The molecule has 0 fully saturated rings. The number of carbonyl (C=O) groups excluding carboxylic acids is 3. The minimum absolute atomic E-state index is 0.108. The number of hydrogen-bond acceptors (Lipinski definition) is 5. The molecule has 0 saturated carbocycles. The summed E-state index contributed by atoms with van der Waals surface area (Å²) in [5.41, 5.74) is 3.87. The van der Waals surface area contributed by atoms with Crippen LogP contribution in [0.4, 0.5) is 18.9 Å². The second-order valence-corrected chi connectivity index (χ2v) is 5.32. The maximum Gasteiger partial charge on any atom is 0.416 e. The lowest BCUT2D eigenvalue weighted by Gasteiger charge is -2.13. The topological polar surface area (TPSA) is 108 Å². The molecule has 7 nitrogen and oxygen atoms in total. The highest BCUT2D eigenvalue weighted by molar-refractivity contribution is 6.08. The van der Waals surface area contributed by atoms with Crippen LogP contribution in [0.1, 0.15) is 24.8 Å². The van der Waals surface area contributed by atoms with Crippen molar-refractivity contribution in [2.75, 3.05) is 19.5 Å². The number of hydrogen-bond donors (Lipinski definition) is 2. The van der Waals surface area contributed by atoms with Gasteiger partial charge in [-0.3, -0.25) is 14.4 Å². The van der Waals surface area contributed by atoms with Crippen molar-refractivity contribution in [3.63, 3.8) is 0 Å². The summed E-state index contributed by atoms with van der Waals surface area (Å²) in [5.74, 6) is -1.97. The third-order valence-electron chi connectivity index (χ3n) is 3.19. The number of anilines is 1. The van der Waals surface area contributed by atoms with Crippen molar-refractivity contribution in [2.24, 2.45) is 5.73 Å². The van der Waals surface area contributed by atoms with E-state index in [1.165, 1.54) is 32.4 Å². The van der Waals surface area contributed by atoms with Gasteiger partial charge in [-0.2, -0.15) is 13.2 Å². The van der Waals surface area contributed by atoms with Crippen molar-refractivity contribution in [3.05, 3.63) is 42.0 Å². The van der Waals surface area contributed by atoms with Gasteiger partial charge in [-0.1, -0.05) is 18.2 Å². The Morgan fingerprint density at radius 3 is 2.14 bits per heavy atom. The quantitative estimate of drug-likeness (QED) is 0.446. The van der Waals surface area contributed by atoms with Crippen LogP contribution in [0.2, 0.25) is 0 Å². The van der Waals surface area contributed by atoms with E-state index in [0.29, 0.717) is 6.47 Å². The average Bonchev–Trinajstić information content (AvgIpc) is 3.21. The maximum atomic E-state index is 12.4. The molecule has 1 aliphatic carbocycles. The fourth-order valence-corrected chi connectivity index (χ4v) is 1.92. The lowest BCUT2D eigenvalue weighted by Crippen LogP contribution is -2.40. The molecule has 0 spiro atoms. The van der Waals surface area contributed by atoms with Gasteiger partial charge in [-0.25, -0.2) is 0 Å². The van der Waals surface area contributed by atoms with Crippen molar-refractivity contribution in [2.45, 2.75) is 31.5 Å². The summed E-state index contributed by atoms with van der Waals surface area (Å²) in [6.07, 6.45) is 2.42. The van der Waals surface area contributed by atoms with Crippen LogP contribution in [0, 0.1) is 0 Å². The summed E-state index contributed by atoms with van der Waals surface area (Å²) < 4.78 is 45.7. The predicted octanol–water partition coefficient (Wildman–Crippen LogP) is 2.66. The number of ether oxygens (including phenoxy) is 2. The molecule has 1 atom stereocenters. The van der Waals surface area contributed by atoms with E-state index in [4.69, 9.17) is 10.5 Å². The van der Waals surface area contributed by atoms with E-state index in [-0.39, 0.29) is 5.69 Å². The molecular formula is C18H23F3N2O5. The van der Waals surface area contributed by atoms with Crippen molar-refractivity contribution in [3.8, 4) is 0 Å². The average molecular weight is 404 g/mol. The first-order valence-corrected chi connectivity index (χ1v) is 8.09. The molecule has 0 aromatic heterocycles. The molecule has 2 amide bonds. The Kier molecular flexibility index (Phi) is 11.9. The van der Waals surface area contributed by atoms with Gasteiger partial charge in [-0.15, -0.1) is 0 Å². The maximum absolute atomic E-state index is 12.4. The Labute approximate surface area is 160 Å². The van der Waals surface area contributed by atoms with E-state index < -0.39 is 29.7 Å². The second kappa shape index (κ2) is 13.3. The van der Waals surface area contributed by atoms with E-state index in [0.717, 1.165) is 25.3 Å². The number of allylic oxidation sites excluding steroid dienone is 2. The first-order valence-electron chi connectivity index (χ1n) is 8.09. The Morgan fingerprint density at radius 2 is 1.79 bits per heavy atom. The van der Waals surface area contributed by atoms with Crippen molar-refractivity contribution < 1.29 is 37.0 Å². The molecule has 2 rings (SSSR count). The largest absolute Gasteiger partial charge is 0.471 e. The molecule has 10 heteroatoms. The first-order chi connectivity index (χ1) is 13.2. The molecule has 0 heterocycles. The van der Waals surface area contributed by atoms with Crippen LogP contribution in [-0.2, 0) is 30.0 Å². The third-order valence-corrected chi connectivity index (χ3v) is 3.19.